The van der Waals surface area contributed by atoms with Gasteiger partial charge in [-0.25, -0.2) is 0 Å². The van der Waals surface area contributed by atoms with Crippen molar-refractivity contribution in [3.8, 4) is 11.4 Å². The summed E-state index contributed by atoms with van der Waals surface area (Å²) in [4.78, 5) is 0. The summed E-state index contributed by atoms with van der Waals surface area (Å²) < 4.78 is 11.2. The Morgan fingerprint density at radius 1 is 0.419 bits per heavy atom. The first kappa shape index (κ1) is 16.5. The van der Waals surface area contributed by atoms with Gasteiger partial charge in [-0.2, -0.15) is 0 Å². The summed E-state index contributed by atoms with van der Waals surface area (Å²) in [6.45, 7) is 0. The quantitative estimate of drug-likeness (QED) is 0.296. The van der Waals surface area contributed by atoms with Gasteiger partial charge in [0.2, 0.25) is 11.4 Å². The van der Waals surface area contributed by atoms with Crippen LogP contribution in [0.4, 0.5) is 0 Å². The summed E-state index contributed by atoms with van der Waals surface area (Å²) in [6, 6.07) is 38.0. The van der Waals surface area contributed by atoms with Gasteiger partial charge in [0.25, 0.3) is 0 Å². The van der Waals surface area contributed by atoms with Gasteiger partial charge in [0.15, 0.2) is 0 Å². The summed E-state index contributed by atoms with van der Waals surface area (Å²) in [5.74, 6) is 0. The molecule has 0 spiro atoms. The fourth-order valence-corrected chi connectivity index (χ4v) is 4.87. The Morgan fingerprint density at radius 2 is 0.806 bits per heavy atom. The Balaban J connectivity index is 1.74. The molecule has 3 heterocycles. The van der Waals surface area contributed by atoms with Gasteiger partial charge in [-0.1, -0.05) is 72.8 Å². The van der Waals surface area contributed by atoms with Crippen LogP contribution in [-0.4, -0.2) is 9.13 Å². The monoisotopic (exact) mass is 398 g/mol. The Labute approximate surface area is 178 Å². The lowest BCUT2D eigenvalue weighted by Crippen LogP contribution is -1.94. The SMILES string of the molecule is c1ccc(-n2c3ccccc3c3c4c5ccccc5n(-c5ccccc5)c4oc32)cc1. The van der Waals surface area contributed by atoms with Crippen molar-refractivity contribution in [2.75, 3.05) is 0 Å². The number of hydrogen-bond acceptors (Lipinski definition) is 1. The summed E-state index contributed by atoms with van der Waals surface area (Å²) in [6.07, 6.45) is 0. The van der Waals surface area contributed by atoms with Crippen LogP contribution in [-0.2, 0) is 0 Å². The Hall–Kier alpha value is -4.24. The van der Waals surface area contributed by atoms with Gasteiger partial charge in [-0.3, -0.25) is 9.13 Å². The van der Waals surface area contributed by atoms with Gasteiger partial charge in [-0.15, -0.1) is 0 Å². The molecule has 0 amide bonds. The second-order valence-corrected chi connectivity index (χ2v) is 7.84. The van der Waals surface area contributed by atoms with Crippen LogP contribution in [0.2, 0.25) is 0 Å². The minimum absolute atomic E-state index is 0.882. The van der Waals surface area contributed by atoms with E-state index in [-0.39, 0.29) is 0 Å². The molecule has 0 N–H and O–H groups in total. The largest absolute Gasteiger partial charge is 0.422 e. The van der Waals surface area contributed by atoms with Crippen LogP contribution in [0.1, 0.15) is 0 Å². The number of aromatic nitrogens is 2. The van der Waals surface area contributed by atoms with E-state index in [4.69, 9.17) is 4.42 Å². The maximum atomic E-state index is 6.72. The lowest BCUT2D eigenvalue weighted by molar-refractivity contribution is 0.624. The van der Waals surface area contributed by atoms with E-state index in [0.717, 1.165) is 33.8 Å². The standard InChI is InChI=1S/C28H18N2O/c1-3-11-19(12-4-1)29-23-17-9-7-15-21(23)25-26-22-16-8-10-18-24(22)30(28(26)31-27(25)29)20-13-5-2-6-14-20/h1-18H. The van der Waals surface area contributed by atoms with Crippen molar-refractivity contribution in [1.82, 2.24) is 9.13 Å². The summed E-state index contributed by atoms with van der Waals surface area (Å²) in [7, 11) is 0. The first-order valence-corrected chi connectivity index (χ1v) is 10.5. The van der Waals surface area contributed by atoms with Crippen molar-refractivity contribution in [3.63, 3.8) is 0 Å². The van der Waals surface area contributed by atoms with Gasteiger partial charge in [0.1, 0.15) is 0 Å². The first-order chi connectivity index (χ1) is 15.4. The number of fused-ring (bicyclic) bond motifs is 7. The van der Waals surface area contributed by atoms with E-state index in [1.807, 2.05) is 12.1 Å². The zero-order valence-corrected chi connectivity index (χ0v) is 16.7. The predicted octanol–water partition coefficient (Wildman–Crippen LogP) is 7.47. The fourth-order valence-electron chi connectivity index (χ4n) is 4.87. The fraction of sp³-hybridized carbons (Fsp3) is 0. The number of nitrogens with zero attached hydrogens (tertiary/aromatic N) is 2. The Morgan fingerprint density at radius 3 is 1.26 bits per heavy atom. The van der Waals surface area contributed by atoms with Crippen LogP contribution in [0.5, 0.6) is 0 Å². The highest BCUT2D eigenvalue weighted by atomic mass is 16.4. The molecule has 7 aromatic rings. The van der Waals surface area contributed by atoms with Crippen LogP contribution >= 0.6 is 0 Å². The highest BCUT2D eigenvalue weighted by Crippen LogP contribution is 2.44. The van der Waals surface area contributed by atoms with E-state index in [1.54, 1.807) is 0 Å². The minimum Gasteiger partial charge on any atom is -0.422 e. The second kappa shape index (κ2) is 6.13. The molecular weight excluding hydrogens is 380 g/mol. The summed E-state index contributed by atoms with van der Waals surface area (Å²) in [5, 5.41) is 4.74. The molecule has 3 nitrogen and oxygen atoms in total. The van der Waals surface area contributed by atoms with Gasteiger partial charge >= 0.3 is 0 Å². The van der Waals surface area contributed by atoms with Crippen molar-refractivity contribution in [2.45, 2.75) is 0 Å². The third kappa shape index (κ3) is 2.18. The Bertz CT molecular complexity index is 1590. The molecular formula is C28H18N2O. The van der Waals surface area contributed by atoms with E-state index >= 15 is 0 Å². The molecule has 0 atom stereocenters. The molecule has 0 bridgehead atoms. The first-order valence-electron chi connectivity index (χ1n) is 10.5. The zero-order chi connectivity index (χ0) is 20.4. The summed E-state index contributed by atoms with van der Waals surface area (Å²) >= 11 is 0. The third-order valence-corrected chi connectivity index (χ3v) is 6.13. The Kier molecular flexibility index (Phi) is 3.27. The minimum atomic E-state index is 0.882. The molecule has 0 radical (unpaired) electrons. The third-order valence-electron chi connectivity index (χ3n) is 6.13. The second-order valence-electron chi connectivity index (χ2n) is 7.84. The van der Waals surface area contributed by atoms with Gasteiger partial charge in [0, 0.05) is 22.1 Å². The highest BCUT2D eigenvalue weighted by molar-refractivity contribution is 6.27. The molecule has 0 aliphatic heterocycles. The molecule has 0 aliphatic rings. The topological polar surface area (TPSA) is 23.0 Å². The van der Waals surface area contributed by atoms with Gasteiger partial charge in [-0.05, 0) is 36.4 Å². The number of benzene rings is 4. The van der Waals surface area contributed by atoms with E-state index in [2.05, 4.69) is 106 Å². The molecule has 31 heavy (non-hydrogen) atoms. The normalized spacial score (nSPS) is 11.9. The van der Waals surface area contributed by atoms with Crippen molar-refractivity contribution in [2.24, 2.45) is 0 Å². The lowest BCUT2D eigenvalue weighted by Gasteiger charge is -2.07. The van der Waals surface area contributed by atoms with Crippen LogP contribution in [0.15, 0.2) is 114 Å². The summed E-state index contributed by atoms with van der Waals surface area (Å²) in [5.41, 5.74) is 6.27. The van der Waals surface area contributed by atoms with Crippen LogP contribution in [0.3, 0.4) is 0 Å². The smallest absolute Gasteiger partial charge is 0.215 e. The molecule has 3 heteroatoms. The highest BCUT2D eigenvalue weighted by Gasteiger charge is 2.24. The molecule has 146 valence electrons. The van der Waals surface area contributed by atoms with Crippen molar-refractivity contribution in [1.29, 1.82) is 0 Å². The van der Waals surface area contributed by atoms with Gasteiger partial charge in [0.05, 0.1) is 21.8 Å². The molecule has 0 saturated heterocycles. The average molecular weight is 398 g/mol. The van der Waals surface area contributed by atoms with E-state index < -0.39 is 0 Å². The van der Waals surface area contributed by atoms with Crippen molar-refractivity contribution in [3.05, 3.63) is 109 Å². The van der Waals surface area contributed by atoms with Gasteiger partial charge < -0.3 is 4.42 Å². The molecule has 0 fully saturated rings. The maximum absolute atomic E-state index is 6.72. The predicted molar refractivity (Wildman–Crippen MR) is 127 cm³/mol. The van der Waals surface area contributed by atoms with Crippen molar-refractivity contribution >= 4 is 44.0 Å². The van der Waals surface area contributed by atoms with E-state index in [1.165, 1.54) is 21.5 Å². The number of hydrogen-bond donors (Lipinski definition) is 0. The molecule has 0 saturated carbocycles. The van der Waals surface area contributed by atoms with Crippen LogP contribution in [0.25, 0.3) is 55.4 Å². The van der Waals surface area contributed by atoms with Crippen LogP contribution < -0.4 is 0 Å². The van der Waals surface area contributed by atoms with Crippen LogP contribution in [0, 0.1) is 0 Å². The zero-order valence-electron chi connectivity index (χ0n) is 16.7. The maximum Gasteiger partial charge on any atom is 0.215 e. The molecule has 0 unspecified atom stereocenters. The molecule has 3 aromatic heterocycles. The molecule has 4 aromatic carbocycles. The molecule has 7 rings (SSSR count). The lowest BCUT2D eigenvalue weighted by atomic mass is 10.1. The number of furan rings is 1. The van der Waals surface area contributed by atoms with E-state index in [9.17, 15) is 0 Å². The van der Waals surface area contributed by atoms with E-state index in [0.29, 0.717) is 0 Å². The molecule has 0 aliphatic carbocycles. The van der Waals surface area contributed by atoms with Crippen molar-refractivity contribution < 1.29 is 4.42 Å². The number of para-hydroxylation sites is 4. The average Bonchev–Trinajstić information content (AvgIpc) is 3.45. The number of rotatable bonds is 2.